The van der Waals surface area contributed by atoms with E-state index in [4.69, 9.17) is 9.47 Å². The summed E-state index contributed by atoms with van der Waals surface area (Å²) >= 11 is 0. The molecular formula is C30H40N2O6. The standard InChI is InChI=1S/C30H40N2O6/c1-6-10-17-38-24-14-12-22(18-20(24)5)28(34)26-27(21-11-13-23(33)25(19-21)37-9-4)32(30(36)29(26)35)16-15-31(7-2)8-3/h11-14,18-19,27,33-34H,6-10,15-17H2,1-5H3/t27-/m1/s1. The molecule has 0 spiro atoms. The molecule has 0 saturated carbocycles. The average Bonchev–Trinajstić information content (AvgIpc) is 3.16. The van der Waals surface area contributed by atoms with Crippen molar-refractivity contribution in [3.63, 3.8) is 0 Å². The van der Waals surface area contributed by atoms with E-state index in [2.05, 4.69) is 11.8 Å². The Balaban J connectivity index is 2.09. The second-order valence-corrected chi connectivity index (χ2v) is 9.36. The highest BCUT2D eigenvalue weighted by Crippen LogP contribution is 2.42. The number of aliphatic hydroxyl groups is 1. The van der Waals surface area contributed by atoms with Gasteiger partial charge in [-0.05, 0) is 74.8 Å². The maximum absolute atomic E-state index is 13.4. The summed E-state index contributed by atoms with van der Waals surface area (Å²) in [6, 6.07) is 9.18. The second kappa shape index (κ2) is 13.3. The van der Waals surface area contributed by atoms with Crippen LogP contribution in [0.25, 0.3) is 5.76 Å². The molecule has 38 heavy (non-hydrogen) atoms. The summed E-state index contributed by atoms with van der Waals surface area (Å²) in [5, 5.41) is 21.7. The Bertz CT molecular complexity index is 1170. The smallest absolute Gasteiger partial charge is 0.295 e. The summed E-state index contributed by atoms with van der Waals surface area (Å²) < 4.78 is 11.4. The summed E-state index contributed by atoms with van der Waals surface area (Å²) in [5.41, 5.74) is 1.84. The molecule has 1 amide bonds. The molecule has 2 aromatic carbocycles. The van der Waals surface area contributed by atoms with Crippen molar-refractivity contribution in [2.75, 3.05) is 39.4 Å². The van der Waals surface area contributed by atoms with Gasteiger partial charge >= 0.3 is 0 Å². The summed E-state index contributed by atoms with van der Waals surface area (Å²) in [6.07, 6.45) is 1.96. The number of likely N-dealkylation sites (N-methyl/N-ethyl adjacent to an activating group) is 1. The van der Waals surface area contributed by atoms with E-state index in [0.717, 1.165) is 31.5 Å². The Morgan fingerprint density at radius 2 is 1.74 bits per heavy atom. The van der Waals surface area contributed by atoms with Crippen molar-refractivity contribution in [1.82, 2.24) is 9.80 Å². The van der Waals surface area contributed by atoms with Gasteiger partial charge in [0.2, 0.25) is 0 Å². The van der Waals surface area contributed by atoms with E-state index < -0.39 is 17.7 Å². The van der Waals surface area contributed by atoms with Crippen molar-refractivity contribution in [3.8, 4) is 17.2 Å². The molecule has 8 nitrogen and oxygen atoms in total. The lowest BCUT2D eigenvalue weighted by Crippen LogP contribution is -2.38. The number of carbonyl (C=O) groups excluding carboxylic acids is 2. The lowest BCUT2D eigenvalue weighted by atomic mass is 9.94. The third-order valence-corrected chi connectivity index (χ3v) is 6.89. The molecule has 3 rings (SSSR count). The van der Waals surface area contributed by atoms with Gasteiger partial charge in [-0.15, -0.1) is 0 Å². The Morgan fingerprint density at radius 3 is 2.37 bits per heavy atom. The molecule has 0 unspecified atom stereocenters. The number of phenolic OH excluding ortho intramolecular Hbond substituents is 1. The zero-order chi connectivity index (χ0) is 27.8. The molecule has 0 aromatic heterocycles. The highest BCUT2D eigenvalue weighted by molar-refractivity contribution is 6.46. The van der Waals surface area contributed by atoms with Crippen LogP contribution in [0.3, 0.4) is 0 Å². The van der Waals surface area contributed by atoms with Crippen LogP contribution in [0.1, 0.15) is 63.3 Å². The molecule has 2 aromatic rings. The number of likely N-dealkylation sites (tertiary alicyclic amines) is 1. The minimum absolute atomic E-state index is 0.0155. The van der Waals surface area contributed by atoms with Crippen LogP contribution in [0.2, 0.25) is 0 Å². The van der Waals surface area contributed by atoms with Crippen LogP contribution >= 0.6 is 0 Å². The predicted octanol–water partition coefficient (Wildman–Crippen LogP) is 5.04. The minimum atomic E-state index is -0.828. The first-order chi connectivity index (χ1) is 18.3. The molecule has 1 aliphatic rings. The van der Waals surface area contributed by atoms with Crippen molar-refractivity contribution >= 4 is 17.4 Å². The summed E-state index contributed by atoms with van der Waals surface area (Å²) in [4.78, 5) is 30.3. The van der Waals surface area contributed by atoms with Crippen LogP contribution in [0.4, 0.5) is 0 Å². The highest BCUT2D eigenvalue weighted by Gasteiger charge is 2.46. The van der Waals surface area contributed by atoms with Gasteiger partial charge in [0, 0.05) is 18.7 Å². The first kappa shape index (κ1) is 29.0. The van der Waals surface area contributed by atoms with Crippen molar-refractivity contribution < 1.29 is 29.3 Å². The van der Waals surface area contributed by atoms with E-state index in [9.17, 15) is 19.8 Å². The summed E-state index contributed by atoms with van der Waals surface area (Å²) in [5.74, 6) is -0.710. The summed E-state index contributed by atoms with van der Waals surface area (Å²) in [6.45, 7) is 13.3. The Hall–Kier alpha value is -3.52. The number of benzene rings is 2. The van der Waals surface area contributed by atoms with Crippen LogP contribution in [-0.4, -0.2) is 71.1 Å². The Kier molecular flexibility index (Phi) is 10.2. The van der Waals surface area contributed by atoms with Crippen molar-refractivity contribution in [2.45, 2.75) is 53.5 Å². The molecular weight excluding hydrogens is 484 g/mol. The number of aromatic hydroxyl groups is 1. The molecule has 8 heteroatoms. The number of hydrogen-bond acceptors (Lipinski definition) is 7. The van der Waals surface area contributed by atoms with E-state index in [0.29, 0.717) is 43.2 Å². The van der Waals surface area contributed by atoms with Gasteiger partial charge in [-0.25, -0.2) is 0 Å². The van der Waals surface area contributed by atoms with E-state index in [1.165, 1.54) is 11.0 Å². The number of ketones is 1. The van der Waals surface area contributed by atoms with E-state index in [1.54, 1.807) is 37.3 Å². The van der Waals surface area contributed by atoms with Crippen LogP contribution in [-0.2, 0) is 9.59 Å². The van der Waals surface area contributed by atoms with Crippen LogP contribution in [0.5, 0.6) is 17.2 Å². The number of ether oxygens (including phenoxy) is 2. The fourth-order valence-electron chi connectivity index (χ4n) is 4.66. The van der Waals surface area contributed by atoms with Gasteiger partial charge in [0.15, 0.2) is 11.5 Å². The highest BCUT2D eigenvalue weighted by atomic mass is 16.5. The molecule has 1 aliphatic heterocycles. The maximum Gasteiger partial charge on any atom is 0.295 e. The van der Waals surface area contributed by atoms with E-state index >= 15 is 0 Å². The molecule has 1 fully saturated rings. The van der Waals surface area contributed by atoms with Gasteiger partial charge in [-0.3, -0.25) is 9.59 Å². The number of amides is 1. The number of phenols is 1. The van der Waals surface area contributed by atoms with Gasteiger partial charge in [0.05, 0.1) is 24.8 Å². The van der Waals surface area contributed by atoms with Crippen molar-refractivity contribution in [3.05, 3.63) is 58.7 Å². The molecule has 2 N–H and O–H groups in total. The van der Waals surface area contributed by atoms with Crippen LogP contribution in [0, 0.1) is 6.92 Å². The van der Waals surface area contributed by atoms with Gasteiger partial charge < -0.3 is 29.5 Å². The monoisotopic (exact) mass is 524 g/mol. The van der Waals surface area contributed by atoms with Crippen LogP contribution < -0.4 is 9.47 Å². The molecule has 206 valence electrons. The fourth-order valence-corrected chi connectivity index (χ4v) is 4.66. The Labute approximate surface area is 225 Å². The molecule has 1 heterocycles. The number of Topliss-reactive ketones (excluding diaryl/α,β-unsaturated/α-hetero) is 1. The quantitative estimate of drug-likeness (QED) is 0.164. The molecule has 1 atom stereocenters. The normalized spacial score (nSPS) is 16.9. The first-order valence-electron chi connectivity index (χ1n) is 13.5. The zero-order valence-electron chi connectivity index (χ0n) is 23.1. The maximum atomic E-state index is 13.4. The number of aryl methyl sites for hydroxylation is 1. The molecule has 0 radical (unpaired) electrons. The number of unbranched alkanes of at least 4 members (excludes halogenated alkanes) is 1. The van der Waals surface area contributed by atoms with Gasteiger partial charge in [0.1, 0.15) is 11.5 Å². The zero-order valence-corrected chi connectivity index (χ0v) is 23.1. The van der Waals surface area contributed by atoms with Gasteiger partial charge in [0.25, 0.3) is 11.7 Å². The number of rotatable bonds is 13. The van der Waals surface area contributed by atoms with E-state index in [1.807, 2.05) is 20.8 Å². The van der Waals surface area contributed by atoms with Gasteiger partial charge in [-0.1, -0.05) is 33.3 Å². The minimum Gasteiger partial charge on any atom is -0.507 e. The van der Waals surface area contributed by atoms with Crippen LogP contribution in [0.15, 0.2) is 42.0 Å². The number of hydrogen-bond donors (Lipinski definition) is 2. The SMILES string of the molecule is CCCCOc1ccc(C(O)=C2C(=O)C(=O)N(CCN(CC)CC)[C@@H]2c2ccc(O)c(OCC)c2)cc1C. The molecule has 0 aliphatic carbocycles. The predicted molar refractivity (Wildman–Crippen MR) is 148 cm³/mol. The number of carbonyl (C=O) groups is 2. The fraction of sp³-hybridized carbons (Fsp3) is 0.467. The van der Waals surface area contributed by atoms with Crippen molar-refractivity contribution in [1.29, 1.82) is 0 Å². The third-order valence-electron chi connectivity index (χ3n) is 6.89. The van der Waals surface area contributed by atoms with Crippen molar-refractivity contribution in [2.24, 2.45) is 0 Å². The number of nitrogens with zero attached hydrogens (tertiary/aromatic N) is 2. The number of aliphatic hydroxyl groups excluding tert-OH is 1. The lowest BCUT2D eigenvalue weighted by molar-refractivity contribution is -0.140. The average molecular weight is 525 g/mol. The largest absolute Gasteiger partial charge is 0.507 e. The molecule has 1 saturated heterocycles. The third kappa shape index (κ3) is 6.30. The topological polar surface area (TPSA) is 99.5 Å². The first-order valence-corrected chi connectivity index (χ1v) is 13.5. The lowest BCUT2D eigenvalue weighted by Gasteiger charge is -2.28. The second-order valence-electron chi connectivity index (χ2n) is 9.36. The molecule has 0 bridgehead atoms. The Morgan fingerprint density at radius 1 is 1.00 bits per heavy atom. The van der Waals surface area contributed by atoms with Gasteiger partial charge in [-0.2, -0.15) is 0 Å². The summed E-state index contributed by atoms with van der Waals surface area (Å²) in [7, 11) is 0. The van der Waals surface area contributed by atoms with E-state index in [-0.39, 0.29) is 22.8 Å².